The Morgan fingerprint density at radius 1 is 0.885 bits per heavy atom. The van der Waals surface area contributed by atoms with Gasteiger partial charge in [0.05, 0.1) is 24.7 Å². The molecular formula is C20H24O6. The zero-order valence-electron chi connectivity index (χ0n) is 14.7. The van der Waals surface area contributed by atoms with Gasteiger partial charge in [0, 0.05) is 0 Å². The molecule has 0 N–H and O–H groups in total. The van der Waals surface area contributed by atoms with Crippen LogP contribution in [0, 0.1) is 17.8 Å². The molecule has 0 aromatic rings. The average molecular weight is 360 g/mol. The van der Waals surface area contributed by atoms with E-state index in [2.05, 4.69) is 28.2 Å². The maximum absolute atomic E-state index is 11.6. The summed E-state index contributed by atoms with van der Waals surface area (Å²) < 4.78 is 9.09. The van der Waals surface area contributed by atoms with Crippen LogP contribution in [0.1, 0.15) is 44.9 Å². The fourth-order valence-electron chi connectivity index (χ4n) is 3.10. The zero-order valence-corrected chi connectivity index (χ0v) is 14.7. The van der Waals surface area contributed by atoms with Gasteiger partial charge < -0.3 is 9.47 Å². The van der Waals surface area contributed by atoms with Gasteiger partial charge in [-0.25, -0.2) is 0 Å². The number of hydrogen-bond donors (Lipinski definition) is 0. The molecule has 6 heteroatoms. The minimum atomic E-state index is -0.454. The smallest absolute Gasteiger partial charge is 0.317 e. The lowest BCUT2D eigenvalue weighted by Gasteiger charge is -2.14. The zero-order chi connectivity index (χ0) is 18.9. The summed E-state index contributed by atoms with van der Waals surface area (Å²) in [4.78, 5) is 45.0. The van der Waals surface area contributed by atoms with Crippen LogP contribution < -0.4 is 0 Å². The summed E-state index contributed by atoms with van der Waals surface area (Å²) in [5.41, 5.74) is 0. The van der Waals surface area contributed by atoms with Gasteiger partial charge in [-0.1, -0.05) is 30.4 Å². The van der Waals surface area contributed by atoms with Crippen molar-refractivity contribution in [1.29, 1.82) is 0 Å². The summed E-state index contributed by atoms with van der Waals surface area (Å²) in [6, 6.07) is 0. The molecule has 2 heterocycles. The molecule has 26 heavy (non-hydrogen) atoms. The van der Waals surface area contributed by atoms with E-state index in [1.165, 1.54) is 0 Å². The van der Waals surface area contributed by atoms with Gasteiger partial charge in [0.2, 0.25) is 0 Å². The predicted octanol–water partition coefficient (Wildman–Crippen LogP) is 3.03. The third-order valence-corrected chi connectivity index (χ3v) is 4.60. The Morgan fingerprint density at radius 3 is 2.08 bits per heavy atom. The number of unbranched alkanes of at least 4 members (excludes halogenated alkanes) is 1. The predicted molar refractivity (Wildman–Crippen MR) is 93.5 cm³/mol. The van der Waals surface area contributed by atoms with E-state index >= 15 is 0 Å². The quantitative estimate of drug-likeness (QED) is 0.258. The molecule has 3 unspecified atom stereocenters. The summed E-state index contributed by atoms with van der Waals surface area (Å²) in [6.45, 7) is 3.75. The Morgan fingerprint density at radius 2 is 1.50 bits per heavy atom. The highest BCUT2D eigenvalue weighted by Gasteiger charge is 2.37. The molecule has 2 aliphatic heterocycles. The molecule has 0 bridgehead atoms. The van der Waals surface area contributed by atoms with Gasteiger partial charge in [-0.05, 0) is 38.0 Å². The fraction of sp³-hybridized carbons (Fsp3) is 0.500. The SMILES string of the molecule is C=CC(CCC=CCCC=CCC1CC(=O)OC1=O)C1CC(=O)OC1=O. The number of hydrogen-bond acceptors (Lipinski definition) is 6. The van der Waals surface area contributed by atoms with E-state index in [1.807, 2.05) is 12.2 Å². The van der Waals surface area contributed by atoms with E-state index in [1.54, 1.807) is 6.08 Å². The lowest BCUT2D eigenvalue weighted by atomic mass is 9.87. The normalized spacial score (nSPS) is 24.5. The molecule has 0 radical (unpaired) electrons. The highest BCUT2D eigenvalue weighted by Crippen LogP contribution is 2.28. The second-order valence-electron chi connectivity index (χ2n) is 6.53. The van der Waals surface area contributed by atoms with Crippen molar-refractivity contribution in [2.45, 2.75) is 44.9 Å². The van der Waals surface area contributed by atoms with Crippen LogP contribution in [0.5, 0.6) is 0 Å². The molecule has 0 aromatic heterocycles. The van der Waals surface area contributed by atoms with Gasteiger partial charge in [0.25, 0.3) is 0 Å². The van der Waals surface area contributed by atoms with Gasteiger partial charge in [0.15, 0.2) is 0 Å². The first-order valence-electron chi connectivity index (χ1n) is 8.93. The van der Waals surface area contributed by atoms with Crippen molar-refractivity contribution in [1.82, 2.24) is 0 Å². The molecule has 3 atom stereocenters. The van der Waals surface area contributed by atoms with Gasteiger partial charge in [-0.15, -0.1) is 6.58 Å². The maximum Gasteiger partial charge on any atom is 0.317 e. The highest BCUT2D eigenvalue weighted by molar-refractivity contribution is 5.95. The fourth-order valence-corrected chi connectivity index (χ4v) is 3.10. The Bertz CT molecular complexity index is 630. The van der Waals surface area contributed by atoms with E-state index in [0.29, 0.717) is 6.42 Å². The van der Waals surface area contributed by atoms with Crippen LogP contribution in [0.25, 0.3) is 0 Å². The first kappa shape index (κ1) is 19.8. The number of allylic oxidation sites excluding steroid dienone is 5. The summed E-state index contributed by atoms with van der Waals surface area (Å²) >= 11 is 0. The van der Waals surface area contributed by atoms with Crippen LogP contribution in [-0.2, 0) is 28.7 Å². The van der Waals surface area contributed by atoms with Crippen molar-refractivity contribution in [2.24, 2.45) is 17.8 Å². The van der Waals surface area contributed by atoms with Crippen molar-refractivity contribution in [3.8, 4) is 0 Å². The van der Waals surface area contributed by atoms with Crippen LogP contribution in [-0.4, -0.2) is 23.9 Å². The first-order valence-corrected chi connectivity index (χ1v) is 8.93. The maximum atomic E-state index is 11.6. The third-order valence-electron chi connectivity index (χ3n) is 4.60. The minimum Gasteiger partial charge on any atom is -0.393 e. The van der Waals surface area contributed by atoms with E-state index in [-0.39, 0.29) is 24.7 Å². The molecule has 0 amide bonds. The topological polar surface area (TPSA) is 86.7 Å². The molecule has 0 spiro atoms. The molecule has 0 aliphatic carbocycles. The Hall–Kier alpha value is -2.50. The summed E-state index contributed by atoms with van der Waals surface area (Å²) in [7, 11) is 0. The Kier molecular flexibility index (Phi) is 7.51. The van der Waals surface area contributed by atoms with E-state index in [4.69, 9.17) is 0 Å². The molecule has 2 fully saturated rings. The lowest BCUT2D eigenvalue weighted by Crippen LogP contribution is -2.17. The van der Waals surface area contributed by atoms with Gasteiger partial charge in [-0.2, -0.15) is 0 Å². The number of carbonyl (C=O) groups excluding carboxylic acids is 4. The minimum absolute atomic E-state index is 0.0487. The van der Waals surface area contributed by atoms with Crippen molar-refractivity contribution < 1.29 is 28.7 Å². The molecule has 0 saturated carbocycles. The van der Waals surface area contributed by atoms with Crippen LogP contribution in [0.15, 0.2) is 37.0 Å². The first-order chi connectivity index (χ1) is 12.5. The lowest BCUT2D eigenvalue weighted by molar-refractivity contribution is -0.155. The van der Waals surface area contributed by atoms with E-state index in [9.17, 15) is 19.2 Å². The van der Waals surface area contributed by atoms with Crippen LogP contribution >= 0.6 is 0 Å². The standard InChI is InChI=1S/C20H24O6/c1-2-14(16-13-18(22)26-20(16)24)10-8-6-4-3-5-7-9-11-15-12-17(21)25-19(15)23/h2,4,6-7,9,14-16H,1,3,5,8,10-13H2. The number of carbonyl (C=O) groups is 4. The Labute approximate surface area is 152 Å². The van der Waals surface area contributed by atoms with Gasteiger partial charge >= 0.3 is 23.9 Å². The molecule has 140 valence electrons. The van der Waals surface area contributed by atoms with Crippen molar-refractivity contribution in [3.63, 3.8) is 0 Å². The summed E-state index contributed by atoms with van der Waals surface area (Å²) in [5, 5.41) is 0. The van der Waals surface area contributed by atoms with Crippen molar-refractivity contribution in [2.75, 3.05) is 0 Å². The summed E-state index contributed by atoms with van der Waals surface area (Å²) in [5.74, 6) is -2.54. The van der Waals surface area contributed by atoms with E-state index < -0.39 is 29.8 Å². The Balaban J connectivity index is 1.59. The van der Waals surface area contributed by atoms with Gasteiger partial charge in [0.1, 0.15) is 0 Å². The third kappa shape index (κ3) is 5.79. The largest absolute Gasteiger partial charge is 0.393 e. The highest BCUT2D eigenvalue weighted by atomic mass is 16.6. The van der Waals surface area contributed by atoms with Crippen molar-refractivity contribution >= 4 is 23.9 Å². The van der Waals surface area contributed by atoms with Crippen LogP contribution in [0.4, 0.5) is 0 Å². The van der Waals surface area contributed by atoms with Gasteiger partial charge in [-0.3, -0.25) is 19.2 Å². The molecule has 2 aliphatic rings. The number of ether oxygens (including phenoxy) is 2. The molecule has 2 saturated heterocycles. The van der Waals surface area contributed by atoms with E-state index in [0.717, 1.165) is 25.7 Å². The number of esters is 4. The number of rotatable bonds is 10. The van der Waals surface area contributed by atoms with Crippen LogP contribution in [0.3, 0.4) is 0 Å². The second kappa shape index (κ2) is 9.85. The number of cyclic esters (lactones) is 4. The van der Waals surface area contributed by atoms with Crippen molar-refractivity contribution in [3.05, 3.63) is 37.0 Å². The summed E-state index contributed by atoms with van der Waals surface area (Å²) in [6.07, 6.45) is 13.9. The second-order valence-corrected chi connectivity index (χ2v) is 6.53. The molecule has 6 nitrogen and oxygen atoms in total. The molecule has 0 aromatic carbocycles. The molecule has 2 rings (SSSR count). The average Bonchev–Trinajstić information content (AvgIpc) is 3.10. The van der Waals surface area contributed by atoms with Crippen LogP contribution in [0.2, 0.25) is 0 Å². The monoisotopic (exact) mass is 360 g/mol. The molecular weight excluding hydrogens is 336 g/mol.